The lowest BCUT2D eigenvalue weighted by molar-refractivity contribution is -0.130. The number of carbonyl (C=O) groups is 2. The molecule has 4 aliphatic heterocycles. The SMILES string of the molecule is CC(=O)N1CCC(N2C[C@@H]3C[C@H](C2)c2c(NC(=O)c4ccc5c(c4)OCO5)ccc(=O)n2C3)CC1. The van der Waals surface area contributed by atoms with Crippen molar-refractivity contribution in [1.29, 1.82) is 0 Å². The van der Waals surface area contributed by atoms with E-state index in [2.05, 4.69) is 10.2 Å². The Kier molecular flexibility index (Phi) is 5.51. The Labute approximate surface area is 203 Å². The van der Waals surface area contributed by atoms with Crippen molar-refractivity contribution in [2.24, 2.45) is 5.92 Å². The minimum absolute atomic E-state index is 0.0148. The molecular formula is C26H30N4O5. The number of benzene rings is 1. The Bertz CT molecular complexity index is 1230. The van der Waals surface area contributed by atoms with Gasteiger partial charge in [0.2, 0.25) is 12.7 Å². The minimum Gasteiger partial charge on any atom is -0.454 e. The van der Waals surface area contributed by atoms with Crippen LogP contribution in [-0.4, -0.2) is 65.2 Å². The van der Waals surface area contributed by atoms with Crippen molar-refractivity contribution in [3.63, 3.8) is 0 Å². The highest BCUT2D eigenvalue weighted by molar-refractivity contribution is 6.05. The molecule has 9 heteroatoms. The molecule has 0 aliphatic carbocycles. The number of aromatic nitrogens is 1. The van der Waals surface area contributed by atoms with Gasteiger partial charge in [-0.05, 0) is 49.4 Å². The predicted molar refractivity (Wildman–Crippen MR) is 129 cm³/mol. The van der Waals surface area contributed by atoms with Crippen LogP contribution in [0.3, 0.4) is 0 Å². The van der Waals surface area contributed by atoms with Crippen molar-refractivity contribution in [2.75, 3.05) is 38.3 Å². The maximum Gasteiger partial charge on any atom is 0.255 e. The lowest BCUT2D eigenvalue weighted by Crippen LogP contribution is -2.53. The van der Waals surface area contributed by atoms with E-state index in [1.54, 1.807) is 37.3 Å². The number of carbonyl (C=O) groups excluding carboxylic acids is 2. The molecule has 4 aliphatic rings. The van der Waals surface area contributed by atoms with E-state index in [1.807, 2.05) is 9.47 Å². The summed E-state index contributed by atoms with van der Waals surface area (Å²) in [5.74, 6) is 1.68. The summed E-state index contributed by atoms with van der Waals surface area (Å²) in [6.07, 6.45) is 2.97. The number of hydrogen-bond acceptors (Lipinski definition) is 6. The Morgan fingerprint density at radius 2 is 1.80 bits per heavy atom. The van der Waals surface area contributed by atoms with Gasteiger partial charge in [0.05, 0.1) is 5.69 Å². The Balaban J connectivity index is 1.23. The normalized spacial score (nSPS) is 23.6. The van der Waals surface area contributed by atoms with E-state index in [0.29, 0.717) is 41.3 Å². The van der Waals surface area contributed by atoms with E-state index in [0.717, 1.165) is 51.1 Å². The van der Waals surface area contributed by atoms with Crippen LogP contribution >= 0.6 is 0 Å². The summed E-state index contributed by atoms with van der Waals surface area (Å²) in [6, 6.07) is 8.88. The van der Waals surface area contributed by atoms with Gasteiger partial charge in [0.1, 0.15) is 0 Å². The predicted octanol–water partition coefficient (Wildman–Crippen LogP) is 2.26. The number of rotatable bonds is 3. The molecule has 2 bridgehead atoms. The first kappa shape index (κ1) is 22.2. The maximum atomic E-state index is 13.1. The van der Waals surface area contributed by atoms with Gasteiger partial charge >= 0.3 is 0 Å². The number of anilines is 1. The third-order valence-electron chi connectivity index (χ3n) is 7.93. The van der Waals surface area contributed by atoms with Crippen LogP contribution in [0.4, 0.5) is 5.69 Å². The van der Waals surface area contributed by atoms with Gasteiger partial charge in [0, 0.05) is 68.9 Å². The van der Waals surface area contributed by atoms with Crippen LogP contribution in [0.1, 0.15) is 48.2 Å². The van der Waals surface area contributed by atoms with E-state index in [1.165, 1.54) is 0 Å². The molecule has 5 heterocycles. The highest BCUT2D eigenvalue weighted by Crippen LogP contribution is 2.40. The van der Waals surface area contributed by atoms with Gasteiger partial charge in [-0.3, -0.25) is 19.3 Å². The Morgan fingerprint density at radius 1 is 1.00 bits per heavy atom. The van der Waals surface area contributed by atoms with E-state index in [9.17, 15) is 14.4 Å². The Morgan fingerprint density at radius 3 is 2.60 bits per heavy atom. The summed E-state index contributed by atoms with van der Waals surface area (Å²) < 4.78 is 12.6. The molecule has 35 heavy (non-hydrogen) atoms. The van der Waals surface area contributed by atoms with E-state index >= 15 is 0 Å². The van der Waals surface area contributed by atoms with Crippen LogP contribution in [0, 0.1) is 5.92 Å². The second kappa shape index (κ2) is 8.71. The highest BCUT2D eigenvalue weighted by Gasteiger charge is 2.39. The van der Waals surface area contributed by atoms with Gasteiger partial charge in [-0.25, -0.2) is 0 Å². The van der Waals surface area contributed by atoms with Crippen molar-refractivity contribution in [1.82, 2.24) is 14.4 Å². The minimum atomic E-state index is -0.240. The van der Waals surface area contributed by atoms with Crippen molar-refractivity contribution >= 4 is 17.5 Å². The largest absolute Gasteiger partial charge is 0.454 e. The fraction of sp³-hybridized carbons (Fsp3) is 0.500. The molecule has 0 radical (unpaired) electrons. The third-order valence-corrected chi connectivity index (χ3v) is 7.93. The first-order valence-electron chi connectivity index (χ1n) is 12.4. The molecule has 184 valence electrons. The van der Waals surface area contributed by atoms with Crippen LogP contribution in [0.5, 0.6) is 11.5 Å². The van der Waals surface area contributed by atoms with Crippen LogP contribution in [0.2, 0.25) is 0 Å². The molecule has 9 nitrogen and oxygen atoms in total. The number of piperidine rings is 2. The second-order valence-electron chi connectivity index (χ2n) is 10.1. The lowest BCUT2D eigenvalue weighted by atomic mass is 9.81. The number of amides is 2. The standard InChI is InChI=1S/C26H30N4O5/c1-16(31)28-8-6-20(7-9-28)29-12-17-10-19(14-29)25-21(3-5-24(32)30(25)13-17)27-26(33)18-2-4-22-23(11-18)35-15-34-22/h2-5,11,17,19-20H,6-10,12-15H2,1H3,(H,27,33)/t17-,19+/m0/s1. The van der Waals surface area contributed by atoms with Gasteiger partial charge in [-0.1, -0.05) is 0 Å². The number of likely N-dealkylation sites (tertiary alicyclic amines) is 2. The number of hydrogen-bond donors (Lipinski definition) is 1. The molecule has 2 fully saturated rings. The molecule has 6 rings (SSSR count). The maximum absolute atomic E-state index is 13.1. The summed E-state index contributed by atoms with van der Waals surface area (Å²) in [6.45, 7) is 5.90. The zero-order chi connectivity index (χ0) is 24.1. The number of fused-ring (bicyclic) bond motifs is 5. The summed E-state index contributed by atoms with van der Waals surface area (Å²) in [7, 11) is 0. The zero-order valence-corrected chi connectivity index (χ0v) is 19.9. The molecule has 0 saturated carbocycles. The summed E-state index contributed by atoms with van der Waals surface area (Å²) in [5.41, 5.74) is 2.09. The fourth-order valence-corrected chi connectivity index (χ4v) is 6.23. The number of nitrogens with zero attached hydrogens (tertiary/aromatic N) is 3. The van der Waals surface area contributed by atoms with Crippen LogP contribution < -0.4 is 20.3 Å². The van der Waals surface area contributed by atoms with Crippen molar-refractivity contribution < 1.29 is 19.1 Å². The van der Waals surface area contributed by atoms with Crippen molar-refractivity contribution in [2.45, 2.75) is 44.7 Å². The molecule has 2 amide bonds. The smallest absolute Gasteiger partial charge is 0.255 e. The molecule has 2 saturated heterocycles. The van der Waals surface area contributed by atoms with Crippen molar-refractivity contribution in [3.8, 4) is 11.5 Å². The molecule has 0 unspecified atom stereocenters. The topological polar surface area (TPSA) is 93.1 Å². The average Bonchev–Trinajstić information content (AvgIpc) is 3.33. The van der Waals surface area contributed by atoms with Gasteiger partial charge in [0.25, 0.3) is 11.5 Å². The van der Waals surface area contributed by atoms with Crippen LogP contribution in [-0.2, 0) is 11.3 Å². The first-order chi connectivity index (χ1) is 17.0. The van der Waals surface area contributed by atoms with Crippen molar-refractivity contribution in [3.05, 3.63) is 51.9 Å². The van der Waals surface area contributed by atoms with E-state index < -0.39 is 0 Å². The number of ether oxygens (including phenoxy) is 2. The molecule has 1 aromatic carbocycles. The van der Waals surface area contributed by atoms with Crippen LogP contribution in [0.15, 0.2) is 35.1 Å². The molecule has 2 aromatic rings. The van der Waals surface area contributed by atoms with E-state index in [4.69, 9.17) is 9.47 Å². The lowest BCUT2D eigenvalue weighted by Gasteiger charge is -2.47. The molecule has 2 atom stereocenters. The van der Waals surface area contributed by atoms with E-state index in [-0.39, 0.29) is 30.1 Å². The summed E-state index contributed by atoms with van der Waals surface area (Å²) in [5, 5.41) is 3.06. The average molecular weight is 479 g/mol. The molecule has 1 N–H and O–H groups in total. The number of nitrogens with one attached hydrogen (secondary N) is 1. The summed E-state index contributed by atoms with van der Waals surface area (Å²) >= 11 is 0. The monoisotopic (exact) mass is 478 g/mol. The second-order valence-corrected chi connectivity index (χ2v) is 10.1. The zero-order valence-electron chi connectivity index (χ0n) is 19.9. The van der Waals surface area contributed by atoms with Gasteiger partial charge in [-0.15, -0.1) is 0 Å². The quantitative estimate of drug-likeness (QED) is 0.728. The van der Waals surface area contributed by atoms with Gasteiger partial charge in [0.15, 0.2) is 11.5 Å². The molecule has 1 aromatic heterocycles. The molecular weight excluding hydrogens is 448 g/mol. The Hall–Kier alpha value is -3.33. The van der Waals surface area contributed by atoms with Gasteiger partial charge < -0.3 is 24.3 Å². The van der Waals surface area contributed by atoms with Crippen LogP contribution in [0.25, 0.3) is 0 Å². The highest BCUT2D eigenvalue weighted by atomic mass is 16.7. The fourth-order valence-electron chi connectivity index (χ4n) is 6.23. The third kappa shape index (κ3) is 4.07. The molecule has 0 spiro atoms. The number of pyridine rings is 1. The summed E-state index contributed by atoms with van der Waals surface area (Å²) in [4.78, 5) is 42.1. The first-order valence-corrected chi connectivity index (χ1v) is 12.4. The van der Waals surface area contributed by atoms with Gasteiger partial charge in [-0.2, -0.15) is 0 Å².